The van der Waals surface area contributed by atoms with E-state index in [0.717, 1.165) is 21.8 Å². The zero-order valence-corrected chi connectivity index (χ0v) is 29.8. The summed E-state index contributed by atoms with van der Waals surface area (Å²) in [5.74, 6) is 0.940. The van der Waals surface area contributed by atoms with Crippen LogP contribution < -0.4 is 41.0 Å². The number of nitrogens with two attached hydrogens (primary N) is 2. The highest BCUT2D eigenvalue weighted by molar-refractivity contribution is 5.91. The van der Waals surface area contributed by atoms with Crippen molar-refractivity contribution in [3.05, 3.63) is 105 Å². The number of nitrogens with one attached hydrogen (secondary N) is 1. The molecule has 0 spiro atoms. The van der Waals surface area contributed by atoms with Crippen LogP contribution in [0.1, 0.15) is 18.1 Å². The van der Waals surface area contributed by atoms with E-state index in [2.05, 4.69) is 24.9 Å². The van der Waals surface area contributed by atoms with Crippen molar-refractivity contribution in [1.29, 1.82) is 0 Å². The fourth-order valence-electron chi connectivity index (χ4n) is 5.52. The molecule has 1 amide bonds. The number of amides is 1. The number of hydrogen-bond acceptors (Lipinski definition) is 15. The molecular formula is C36H38N10O9. The number of hydrogen-bond donors (Lipinski definition) is 3. The van der Waals surface area contributed by atoms with E-state index in [1.54, 1.807) is 23.6 Å². The van der Waals surface area contributed by atoms with Gasteiger partial charge in [-0.05, 0) is 79.5 Å². The molecule has 0 unspecified atom stereocenters. The molecule has 5 heterocycles. The Kier molecular flexibility index (Phi) is 12.0. The molecule has 0 saturated heterocycles. The van der Waals surface area contributed by atoms with Crippen molar-refractivity contribution in [2.24, 2.45) is 0 Å². The van der Waals surface area contributed by atoms with Crippen LogP contribution in [0.3, 0.4) is 0 Å². The number of aromatic nitrogens is 6. The van der Waals surface area contributed by atoms with Crippen molar-refractivity contribution in [3.63, 3.8) is 0 Å². The molecule has 0 radical (unpaired) electrons. The van der Waals surface area contributed by atoms with E-state index in [4.69, 9.17) is 35.2 Å². The largest absolute Gasteiger partial charge is 0.490 e. The van der Waals surface area contributed by atoms with Crippen LogP contribution in [0.2, 0.25) is 0 Å². The maximum atomic E-state index is 12.6. The molecule has 2 aliphatic heterocycles. The normalized spacial score (nSPS) is 15.4. The predicted molar refractivity (Wildman–Crippen MR) is 201 cm³/mol. The first-order valence-electron chi connectivity index (χ1n) is 17.2. The first kappa shape index (κ1) is 37.6. The highest BCUT2D eigenvalue weighted by Gasteiger charge is 2.32. The summed E-state index contributed by atoms with van der Waals surface area (Å²) in [5.41, 5.74) is 13.7. The molecule has 55 heavy (non-hydrogen) atoms. The van der Waals surface area contributed by atoms with Crippen LogP contribution >= 0.6 is 0 Å². The van der Waals surface area contributed by atoms with Gasteiger partial charge in [0.2, 0.25) is 11.6 Å². The molecule has 2 aliphatic rings. The molecule has 0 saturated carbocycles. The lowest BCUT2D eigenvalue weighted by molar-refractivity contribution is -0.383. The topological polar surface area (TPSA) is 251 Å². The first-order chi connectivity index (χ1) is 26.7. The third-order valence-corrected chi connectivity index (χ3v) is 8.12. The molecule has 8 bridgehead atoms. The van der Waals surface area contributed by atoms with Gasteiger partial charge in [-0.25, -0.2) is 9.59 Å². The second-order valence-electron chi connectivity index (χ2n) is 11.8. The van der Waals surface area contributed by atoms with Crippen LogP contribution in [0, 0.1) is 10.1 Å². The van der Waals surface area contributed by atoms with Gasteiger partial charge in [-0.1, -0.05) is 24.3 Å². The Morgan fingerprint density at radius 1 is 0.836 bits per heavy atom. The number of fused-ring (bicyclic) bond motifs is 7. The van der Waals surface area contributed by atoms with Gasteiger partial charge < -0.3 is 40.1 Å². The van der Waals surface area contributed by atoms with Gasteiger partial charge in [0, 0.05) is 13.1 Å². The fraction of sp³-hybridized carbons (Fsp3) is 0.278. The number of aryl methyl sites for hydroxylation is 2. The number of rotatable bonds is 2. The summed E-state index contributed by atoms with van der Waals surface area (Å²) in [6, 6.07) is 15.1. The molecule has 0 atom stereocenters. The number of imidazole rings is 1. The quantitative estimate of drug-likeness (QED) is 0.132. The number of benzene rings is 2. The van der Waals surface area contributed by atoms with E-state index >= 15 is 0 Å². The van der Waals surface area contributed by atoms with Gasteiger partial charge in [0.15, 0.2) is 11.5 Å². The number of nitrogen functional groups attached to an aromatic ring is 2. The number of nitrogens with zero attached hydrogens (tertiary/aromatic N) is 7. The highest BCUT2D eigenvalue weighted by atomic mass is 16.6. The van der Waals surface area contributed by atoms with Crippen molar-refractivity contribution >= 4 is 40.4 Å². The Bertz CT molecular complexity index is 2290. The van der Waals surface area contributed by atoms with Gasteiger partial charge in [-0.3, -0.25) is 19.6 Å². The van der Waals surface area contributed by atoms with Crippen molar-refractivity contribution < 1.29 is 33.4 Å². The molecule has 2 aromatic carbocycles. The van der Waals surface area contributed by atoms with E-state index in [1.807, 2.05) is 60.7 Å². The van der Waals surface area contributed by atoms with Gasteiger partial charge in [-0.15, -0.1) is 0 Å². The molecule has 5 aromatic rings. The fourth-order valence-corrected chi connectivity index (χ4v) is 5.52. The van der Waals surface area contributed by atoms with Gasteiger partial charge in [-0.2, -0.15) is 19.9 Å². The summed E-state index contributed by atoms with van der Waals surface area (Å²) in [6.07, 6.45) is 7.35. The maximum Gasteiger partial charge on any atom is 0.415 e. The Hall–Kier alpha value is -7.18. The Morgan fingerprint density at radius 3 is 2.00 bits per heavy atom. The predicted octanol–water partition coefficient (Wildman–Crippen LogP) is 3.77. The monoisotopic (exact) mass is 754 g/mol. The zero-order chi connectivity index (χ0) is 38.7. The van der Waals surface area contributed by atoms with Gasteiger partial charge in [0.05, 0.1) is 11.5 Å². The lowest BCUT2D eigenvalue weighted by atomic mass is 10.1. The van der Waals surface area contributed by atoms with Crippen LogP contribution in [0.15, 0.2) is 77.6 Å². The van der Waals surface area contributed by atoms with E-state index in [9.17, 15) is 19.7 Å². The van der Waals surface area contributed by atoms with Gasteiger partial charge in [0.25, 0.3) is 0 Å². The molecule has 0 aliphatic carbocycles. The second-order valence-corrected chi connectivity index (χ2v) is 11.8. The molecule has 3 aromatic heterocycles. The average Bonchev–Trinajstić information content (AvgIpc) is 3.48. The number of anilines is 3. The molecule has 19 nitrogen and oxygen atoms in total. The maximum absolute atomic E-state index is 12.6. The lowest BCUT2D eigenvalue weighted by Gasteiger charge is -2.21. The molecule has 0 fully saturated rings. The number of nitro groups is 1. The lowest BCUT2D eigenvalue weighted by Crippen LogP contribution is -2.35. The Morgan fingerprint density at radius 2 is 1.40 bits per heavy atom. The average molecular weight is 755 g/mol. The molecule has 286 valence electrons. The van der Waals surface area contributed by atoms with Crippen molar-refractivity contribution in [3.8, 4) is 23.5 Å². The second kappa shape index (κ2) is 17.6. The van der Waals surface area contributed by atoms with Crippen molar-refractivity contribution in [2.75, 3.05) is 55.9 Å². The zero-order valence-electron chi connectivity index (χ0n) is 29.8. The van der Waals surface area contributed by atoms with Crippen LogP contribution in [0.5, 0.6) is 23.5 Å². The summed E-state index contributed by atoms with van der Waals surface area (Å²) >= 11 is 0. The Balaban J connectivity index is 0.000000190. The molecule has 19 heteroatoms. The summed E-state index contributed by atoms with van der Waals surface area (Å²) in [6.45, 7) is 3.36. The summed E-state index contributed by atoms with van der Waals surface area (Å²) in [5, 5.41) is 11.6. The number of ether oxygens (including phenoxy) is 5. The van der Waals surface area contributed by atoms with Crippen LogP contribution in [0.4, 0.5) is 27.9 Å². The molecule has 5 N–H and O–H groups in total. The van der Waals surface area contributed by atoms with Crippen molar-refractivity contribution in [2.45, 2.75) is 26.3 Å². The third kappa shape index (κ3) is 9.44. The van der Waals surface area contributed by atoms with Crippen LogP contribution in [-0.2, 0) is 24.1 Å². The standard InChI is InChI=1S/C19H21N5O6.C17H17N5O3/c1-2-28-19(25)23-9-8-13-6-5-7-14(12-13)29-10-3-4-11-30-18-21-16(20)15(24(26)27)17(23)22-18;18-14-13-15-21-16(20-14)25-9-2-1-8-24-12-5-3-4-11(10-12)6-7-22(15)17(23)19-13/h3-7,12H,2,8-11H2,1H3,(H2,20,21,22);1-5,10H,6-9H2,(H,19,23)(H2,18,20,21)/b4-3+;2-1+. The minimum atomic E-state index is -0.790. The van der Waals surface area contributed by atoms with E-state index in [0.29, 0.717) is 49.5 Å². The minimum absolute atomic E-state index is 0.0528. The van der Waals surface area contributed by atoms with Gasteiger partial charge >= 0.3 is 29.5 Å². The highest BCUT2D eigenvalue weighted by Crippen LogP contribution is 2.33. The van der Waals surface area contributed by atoms with Gasteiger partial charge in [0.1, 0.15) is 43.4 Å². The minimum Gasteiger partial charge on any atom is -0.490 e. The Labute approximate surface area is 313 Å². The number of H-pyrrole nitrogens is 1. The molecule has 7 rings (SSSR count). The van der Waals surface area contributed by atoms with E-state index in [1.165, 1.54) is 0 Å². The van der Waals surface area contributed by atoms with E-state index in [-0.39, 0.29) is 55.7 Å². The molecular weight excluding hydrogens is 716 g/mol. The number of carbonyl (C=O) groups excluding carboxylic acids is 1. The van der Waals surface area contributed by atoms with Crippen molar-refractivity contribution in [1.82, 2.24) is 29.5 Å². The summed E-state index contributed by atoms with van der Waals surface area (Å²) in [4.78, 5) is 55.9. The third-order valence-electron chi connectivity index (χ3n) is 8.12. The number of aromatic amines is 1. The SMILES string of the molecule is CCOC(=O)N1CCc2cccc(c2)OC/C=C/COc2nc(N)c([N+](=O)[O-])c1n2.Nc1nc2nc3c1[nH]c(=O)n3CCc1cccc(c1)OC/C=C/CO2. The number of carbonyl (C=O) groups is 1. The van der Waals surface area contributed by atoms with E-state index < -0.39 is 22.5 Å². The summed E-state index contributed by atoms with van der Waals surface area (Å²) < 4.78 is 28.9. The van der Waals surface area contributed by atoms with Crippen LogP contribution in [0.25, 0.3) is 11.2 Å². The first-order valence-corrected chi connectivity index (χ1v) is 17.2. The summed E-state index contributed by atoms with van der Waals surface area (Å²) in [7, 11) is 0. The smallest absolute Gasteiger partial charge is 0.415 e. The van der Waals surface area contributed by atoms with Crippen LogP contribution in [-0.4, -0.2) is 80.1 Å².